The van der Waals surface area contributed by atoms with Gasteiger partial charge in [-0.3, -0.25) is 0 Å². The molecule has 1 N–H and O–H groups in total. The third-order valence-electron chi connectivity index (χ3n) is 3.37. The zero-order valence-electron chi connectivity index (χ0n) is 11.3. The number of methoxy groups -OCH3 is 1. The number of likely N-dealkylation sites (tertiary alicyclic amines) is 1. The molecule has 1 aliphatic rings. The van der Waals surface area contributed by atoms with Crippen molar-refractivity contribution in [2.75, 3.05) is 25.5 Å². The van der Waals surface area contributed by atoms with Gasteiger partial charge >= 0.3 is 6.03 Å². The molecule has 1 heterocycles. The number of anilines is 1. The minimum Gasteiger partial charge on any atom is -0.495 e. The van der Waals surface area contributed by atoms with Crippen LogP contribution in [0.15, 0.2) is 12.1 Å². The number of urea groups is 1. The van der Waals surface area contributed by atoms with Crippen LogP contribution >= 0.6 is 11.6 Å². The topological polar surface area (TPSA) is 41.6 Å². The average Bonchev–Trinajstić information content (AvgIpc) is 2.43. The Hall–Kier alpha value is -1.42. The van der Waals surface area contributed by atoms with Gasteiger partial charge in [0.2, 0.25) is 0 Å². The largest absolute Gasteiger partial charge is 0.495 e. The number of nitrogens with zero attached hydrogens (tertiary/aromatic N) is 1. The average molecular weight is 283 g/mol. The molecule has 0 saturated carbocycles. The van der Waals surface area contributed by atoms with Crippen LogP contribution in [0.2, 0.25) is 5.02 Å². The van der Waals surface area contributed by atoms with E-state index < -0.39 is 0 Å². The van der Waals surface area contributed by atoms with E-state index in [4.69, 9.17) is 16.3 Å². The zero-order valence-corrected chi connectivity index (χ0v) is 12.1. The summed E-state index contributed by atoms with van der Waals surface area (Å²) in [5.74, 6) is 0.584. The molecule has 4 nitrogen and oxygen atoms in total. The van der Waals surface area contributed by atoms with Crippen LogP contribution in [0.25, 0.3) is 0 Å². The summed E-state index contributed by atoms with van der Waals surface area (Å²) in [4.78, 5) is 14.0. The van der Waals surface area contributed by atoms with Crippen molar-refractivity contribution in [3.05, 3.63) is 22.7 Å². The van der Waals surface area contributed by atoms with E-state index in [-0.39, 0.29) is 6.03 Å². The number of hydrogen-bond acceptors (Lipinski definition) is 2. The Kier molecular flexibility index (Phi) is 4.53. The van der Waals surface area contributed by atoms with Crippen LogP contribution in [0.5, 0.6) is 5.75 Å². The quantitative estimate of drug-likeness (QED) is 0.899. The molecule has 1 aromatic carbocycles. The number of carbonyl (C=O) groups is 1. The minimum absolute atomic E-state index is 0.0697. The predicted octanol–water partition coefficient (Wildman–Crippen LogP) is 3.67. The molecule has 2 amide bonds. The Bertz CT molecular complexity index is 471. The van der Waals surface area contributed by atoms with Gasteiger partial charge < -0.3 is 15.0 Å². The summed E-state index contributed by atoms with van der Waals surface area (Å²) in [6, 6.07) is 3.49. The van der Waals surface area contributed by atoms with Gasteiger partial charge in [0, 0.05) is 24.2 Å². The highest BCUT2D eigenvalue weighted by Crippen LogP contribution is 2.31. The van der Waals surface area contributed by atoms with Crippen LogP contribution in [-0.2, 0) is 0 Å². The zero-order chi connectivity index (χ0) is 13.8. The number of rotatable bonds is 2. The van der Waals surface area contributed by atoms with Crippen LogP contribution in [-0.4, -0.2) is 31.1 Å². The van der Waals surface area contributed by atoms with Crippen LogP contribution in [0.1, 0.15) is 24.8 Å². The van der Waals surface area contributed by atoms with Gasteiger partial charge in [-0.1, -0.05) is 11.6 Å². The molecular weight excluding hydrogens is 264 g/mol. The van der Waals surface area contributed by atoms with Crippen LogP contribution in [0, 0.1) is 6.92 Å². The number of carbonyl (C=O) groups excluding carboxylic acids is 1. The third-order valence-corrected chi connectivity index (χ3v) is 3.77. The molecule has 0 radical (unpaired) electrons. The van der Waals surface area contributed by atoms with E-state index in [9.17, 15) is 4.79 Å². The van der Waals surface area contributed by atoms with E-state index in [1.165, 1.54) is 6.42 Å². The maximum Gasteiger partial charge on any atom is 0.321 e. The number of aryl methyl sites for hydroxylation is 1. The summed E-state index contributed by atoms with van der Waals surface area (Å²) in [6.07, 6.45) is 3.35. The molecule has 1 aliphatic heterocycles. The fourth-order valence-corrected chi connectivity index (χ4v) is 2.37. The Morgan fingerprint density at radius 1 is 1.32 bits per heavy atom. The summed E-state index contributed by atoms with van der Waals surface area (Å²) < 4.78 is 5.25. The maximum absolute atomic E-state index is 12.2. The second-order valence-electron chi connectivity index (χ2n) is 4.78. The van der Waals surface area contributed by atoms with Crippen molar-refractivity contribution < 1.29 is 9.53 Å². The number of halogens is 1. The number of piperidine rings is 1. The van der Waals surface area contributed by atoms with Crippen LogP contribution < -0.4 is 10.1 Å². The highest BCUT2D eigenvalue weighted by atomic mass is 35.5. The van der Waals surface area contributed by atoms with Crippen molar-refractivity contribution in [1.29, 1.82) is 0 Å². The third kappa shape index (κ3) is 3.32. The SMILES string of the molecule is COc1cc(Cl)c(C)cc1NC(=O)N1CCCCC1. The van der Waals surface area contributed by atoms with Crippen LogP contribution in [0.4, 0.5) is 10.5 Å². The normalized spacial score (nSPS) is 15.2. The summed E-state index contributed by atoms with van der Waals surface area (Å²) in [6.45, 7) is 3.54. The van der Waals surface area contributed by atoms with Crippen LogP contribution in [0.3, 0.4) is 0 Å². The van der Waals surface area contributed by atoms with Gasteiger partial charge in [-0.2, -0.15) is 0 Å². The highest BCUT2D eigenvalue weighted by molar-refractivity contribution is 6.31. The summed E-state index contributed by atoms with van der Waals surface area (Å²) in [7, 11) is 1.57. The molecule has 19 heavy (non-hydrogen) atoms. The Labute approximate surface area is 118 Å². The van der Waals surface area contributed by atoms with Gasteiger partial charge in [0.05, 0.1) is 12.8 Å². The molecule has 1 saturated heterocycles. The highest BCUT2D eigenvalue weighted by Gasteiger charge is 2.18. The van der Waals surface area contributed by atoms with Gasteiger partial charge in [-0.15, -0.1) is 0 Å². The molecule has 1 fully saturated rings. The van der Waals surface area contributed by atoms with Gasteiger partial charge in [0.15, 0.2) is 0 Å². The number of amides is 2. The van der Waals surface area contributed by atoms with Crippen molar-refractivity contribution >= 4 is 23.3 Å². The number of ether oxygens (including phenoxy) is 1. The molecule has 0 aliphatic carbocycles. The summed E-state index contributed by atoms with van der Waals surface area (Å²) in [5, 5.41) is 3.53. The second kappa shape index (κ2) is 6.15. The van der Waals surface area contributed by atoms with Crippen molar-refractivity contribution in [2.24, 2.45) is 0 Å². The van der Waals surface area contributed by atoms with E-state index in [1.807, 2.05) is 17.9 Å². The first-order valence-electron chi connectivity index (χ1n) is 6.52. The molecule has 0 atom stereocenters. The van der Waals surface area contributed by atoms with Gasteiger partial charge in [-0.25, -0.2) is 4.79 Å². The molecule has 0 aromatic heterocycles. The second-order valence-corrected chi connectivity index (χ2v) is 5.19. The minimum atomic E-state index is -0.0697. The van der Waals surface area contributed by atoms with E-state index >= 15 is 0 Å². The maximum atomic E-state index is 12.2. The first-order chi connectivity index (χ1) is 9.11. The number of nitrogens with one attached hydrogen (secondary N) is 1. The smallest absolute Gasteiger partial charge is 0.321 e. The summed E-state index contributed by atoms with van der Waals surface area (Å²) in [5.41, 5.74) is 1.58. The number of benzene rings is 1. The monoisotopic (exact) mass is 282 g/mol. The van der Waals surface area contributed by atoms with Gasteiger partial charge in [-0.05, 0) is 37.8 Å². The molecular formula is C14H19ClN2O2. The lowest BCUT2D eigenvalue weighted by molar-refractivity contribution is 0.200. The van der Waals surface area contributed by atoms with Gasteiger partial charge in [0.25, 0.3) is 0 Å². The molecule has 0 unspecified atom stereocenters. The molecule has 0 spiro atoms. The Morgan fingerprint density at radius 3 is 2.63 bits per heavy atom. The molecule has 1 aromatic rings. The fourth-order valence-electron chi connectivity index (χ4n) is 2.22. The fraction of sp³-hybridized carbons (Fsp3) is 0.500. The van der Waals surface area contributed by atoms with E-state index in [2.05, 4.69) is 5.32 Å². The lowest BCUT2D eigenvalue weighted by atomic mass is 10.1. The van der Waals surface area contributed by atoms with E-state index in [0.717, 1.165) is 31.5 Å². The van der Waals surface area contributed by atoms with Crippen molar-refractivity contribution in [2.45, 2.75) is 26.2 Å². The predicted molar refractivity (Wildman–Crippen MR) is 77.2 cm³/mol. The molecule has 0 bridgehead atoms. The molecule has 5 heteroatoms. The van der Waals surface area contributed by atoms with Crippen molar-refractivity contribution in [1.82, 2.24) is 4.90 Å². The Balaban J connectivity index is 2.13. The van der Waals surface area contributed by atoms with E-state index in [0.29, 0.717) is 16.5 Å². The molecule has 2 rings (SSSR count). The first-order valence-corrected chi connectivity index (χ1v) is 6.89. The standard InChI is InChI=1S/C14H19ClN2O2/c1-10-8-12(13(19-2)9-11(10)15)16-14(18)17-6-4-3-5-7-17/h8-9H,3-7H2,1-2H3,(H,16,18). The Morgan fingerprint density at radius 2 is 2.00 bits per heavy atom. The summed E-state index contributed by atoms with van der Waals surface area (Å²) >= 11 is 6.05. The lowest BCUT2D eigenvalue weighted by Crippen LogP contribution is -2.38. The van der Waals surface area contributed by atoms with Gasteiger partial charge in [0.1, 0.15) is 5.75 Å². The first kappa shape index (κ1) is 14.0. The van der Waals surface area contributed by atoms with Crippen molar-refractivity contribution in [3.63, 3.8) is 0 Å². The lowest BCUT2D eigenvalue weighted by Gasteiger charge is -2.27. The molecule has 104 valence electrons. The van der Waals surface area contributed by atoms with E-state index in [1.54, 1.807) is 13.2 Å². The van der Waals surface area contributed by atoms with Crippen molar-refractivity contribution in [3.8, 4) is 5.75 Å². The number of hydrogen-bond donors (Lipinski definition) is 1.